The van der Waals surface area contributed by atoms with E-state index in [-0.39, 0.29) is 24.6 Å². The van der Waals surface area contributed by atoms with Crippen LogP contribution in [-0.4, -0.2) is 36.7 Å². The van der Waals surface area contributed by atoms with E-state index < -0.39 is 18.5 Å². The van der Waals surface area contributed by atoms with Crippen molar-refractivity contribution in [1.29, 1.82) is 5.26 Å². The Morgan fingerprint density at radius 2 is 2.00 bits per heavy atom. The van der Waals surface area contributed by atoms with Crippen LogP contribution >= 0.6 is 23.1 Å². The fraction of sp³-hybridized carbons (Fsp3) is 0.222. The van der Waals surface area contributed by atoms with Crippen LogP contribution in [0.25, 0.3) is 0 Å². The van der Waals surface area contributed by atoms with E-state index in [4.69, 9.17) is 10.00 Å². The minimum atomic E-state index is -0.580. The van der Waals surface area contributed by atoms with Crippen LogP contribution < -0.4 is 10.6 Å². The molecule has 27 heavy (non-hydrogen) atoms. The van der Waals surface area contributed by atoms with Gasteiger partial charge in [-0.2, -0.15) is 5.26 Å². The SMILES string of the molecule is N#CCSc1ccccc1NC(=O)COC(=O)CCNC(=O)c1cccs1. The fourth-order valence-corrected chi connectivity index (χ4v) is 3.29. The van der Waals surface area contributed by atoms with E-state index in [2.05, 4.69) is 10.6 Å². The molecule has 0 saturated carbocycles. The average Bonchev–Trinajstić information content (AvgIpc) is 3.20. The molecule has 0 atom stereocenters. The van der Waals surface area contributed by atoms with Crippen molar-refractivity contribution in [2.45, 2.75) is 11.3 Å². The number of thiophene rings is 1. The Morgan fingerprint density at radius 3 is 2.74 bits per heavy atom. The van der Waals surface area contributed by atoms with Gasteiger partial charge in [-0.3, -0.25) is 14.4 Å². The number of nitrogens with one attached hydrogen (secondary N) is 2. The normalized spacial score (nSPS) is 9.89. The Bertz CT molecular complexity index is 831. The highest BCUT2D eigenvalue weighted by atomic mass is 32.2. The van der Waals surface area contributed by atoms with E-state index in [1.54, 1.807) is 41.8 Å². The summed E-state index contributed by atoms with van der Waals surface area (Å²) in [5.74, 6) is -1.04. The number of ether oxygens (including phenoxy) is 1. The molecule has 2 N–H and O–H groups in total. The molecule has 0 bridgehead atoms. The molecule has 0 spiro atoms. The number of hydrogen-bond donors (Lipinski definition) is 2. The van der Waals surface area contributed by atoms with Gasteiger partial charge in [-0.05, 0) is 23.6 Å². The molecule has 0 aliphatic rings. The minimum absolute atomic E-state index is 0.0288. The third-order valence-corrected chi connectivity index (χ3v) is 4.99. The second kappa shape index (κ2) is 11.0. The number of nitriles is 1. The van der Waals surface area contributed by atoms with Crippen molar-refractivity contribution in [3.05, 3.63) is 46.7 Å². The van der Waals surface area contributed by atoms with Crippen molar-refractivity contribution in [2.24, 2.45) is 0 Å². The largest absolute Gasteiger partial charge is 0.456 e. The number of rotatable bonds is 9. The summed E-state index contributed by atoms with van der Waals surface area (Å²) in [6.45, 7) is -0.292. The number of hydrogen-bond acceptors (Lipinski definition) is 7. The highest BCUT2D eigenvalue weighted by molar-refractivity contribution is 7.99. The van der Waals surface area contributed by atoms with Gasteiger partial charge in [0, 0.05) is 11.4 Å². The number of nitrogens with zero attached hydrogens (tertiary/aromatic N) is 1. The van der Waals surface area contributed by atoms with Gasteiger partial charge in [-0.1, -0.05) is 18.2 Å². The fourth-order valence-electron chi connectivity index (χ4n) is 1.98. The first-order chi connectivity index (χ1) is 13.1. The number of anilines is 1. The first-order valence-corrected chi connectivity index (χ1v) is 9.82. The van der Waals surface area contributed by atoms with Crippen LogP contribution in [0.4, 0.5) is 5.69 Å². The van der Waals surface area contributed by atoms with Crippen LogP contribution in [-0.2, 0) is 14.3 Å². The number of esters is 1. The lowest BCUT2D eigenvalue weighted by molar-refractivity contribution is -0.147. The third kappa shape index (κ3) is 7.13. The predicted octanol–water partition coefficient (Wildman–Crippen LogP) is 2.67. The van der Waals surface area contributed by atoms with Gasteiger partial charge in [0.15, 0.2) is 6.61 Å². The molecule has 1 heterocycles. The minimum Gasteiger partial charge on any atom is -0.456 e. The quantitative estimate of drug-likeness (QED) is 0.492. The second-order valence-corrected chi connectivity index (χ2v) is 7.10. The highest BCUT2D eigenvalue weighted by Gasteiger charge is 2.11. The molecule has 9 heteroatoms. The zero-order valence-electron chi connectivity index (χ0n) is 14.3. The van der Waals surface area contributed by atoms with E-state index in [0.717, 1.165) is 4.90 Å². The average molecular weight is 403 g/mol. The summed E-state index contributed by atoms with van der Waals surface area (Å²) >= 11 is 2.61. The first-order valence-electron chi connectivity index (χ1n) is 7.96. The van der Waals surface area contributed by atoms with Crippen molar-refractivity contribution in [1.82, 2.24) is 5.32 Å². The van der Waals surface area contributed by atoms with Crippen molar-refractivity contribution < 1.29 is 19.1 Å². The van der Waals surface area contributed by atoms with Crippen molar-refractivity contribution in [3.8, 4) is 6.07 Å². The molecular weight excluding hydrogens is 386 g/mol. The Kier molecular flexibility index (Phi) is 8.35. The molecular formula is C18H17N3O4S2. The topological polar surface area (TPSA) is 108 Å². The molecule has 0 radical (unpaired) electrons. The maximum absolute atomic E-state index is 11.9. The zero-order chi connectivity index (χ0) is 19.5. The van der Waals surface area contributed by atoms with Crippen LogP contribution in [0, 0.1) is 11.3 Å². The van der Waals surface area contributed by atoms with Gasteiger partial charge < -0.3 is 15.4 Å². The Morgan fingerprint density at radius 1 is 1.19 bits per heavy atom. The van der Waals surface area contributed by atoms with Crippen LogP contribution in [0.15, 0.2) is 46.7 Å². The van der Waals surface area contributed by atoms with Crippen LogP contribution in [0.3, 0.4) is 0 Å². The molecule has 0 saturated heterocycles. The van der Waals surface area contributed by atoms with Crippen molar-refractivity contribution >= 4 is 46.6 Å². The number of para-hydroxylation sites is 1. The van der Waals surface area contributed by atoms with E-state index >= 15 is 0 Å². The van der Waals surface area contributed by atoms with Gasteiger partial charge in [-0.25, -0.2) is 0 Å². The molecule has 140 valence electrons. The standard InChI is InChI=1S/C18H17N3O4S2/c19-8-11-27-14-5-2-1-4-13(14)21-16(22)12-25-17(23)7-9-20-18(24)15-6-3-10-26-15/h1-6,10H,7,9,11-12H2,(H,20,24)(H,21,22). The second-order valence-electron chi connectivity index (χ2n) is 5.14. The number of carbonyl (C=O) groups is 3. The summed E-state index contributed by atoms with van der Waals surface area (Å²) < 4.78 is 4.91. The molecule has 0 fully saturated rings. The molecule has 1 aromatic heterocycles. The summed E-state index contributed by atoms with van der Waals surface area (Å²) in [5, 5.41) is 15.7. The molecule has 0 unspecified atom stereocenters. The van der Waals surface area contributed by atoms with Gasteiger partial charge in [0.25, 0.3) is 11.8 Å². The van der Waals surface area contributed by atoms with Gasteiger partial charge in [0.1, 0.15) is 0 Å². The Hall–Kier alpha value is -2.83. The van der Waals surface area contributed by atoms with E-state index in [9.17, 15) is 14.4 Å². The van der Waals surface area contributed by atoms with E-state index in [0.29, 0.717) is 10.6 Å². The highest BCUT2D eigenvalue weighted by Crippen LogP contribution is 2.26. The van der Waals surface area contributed by atoms with Gasteiger partial charge >= 0.3 is 5.97 Å². The summed E-state index contributed by atoms with van der Waals surface area (Å²) in [7, 11) is 0. The smallest absolute Gasteiger partial charge is 0.308 e. The number of benzene rings is 1. The Balaban J connectivity index is 1.70. The number of amides is 2. The monoisotopic (exact) mass is 403 g/mol. The van der Waals surface area contributed by atoms with E-state index in [1.165, 1.54) is 23.1 Å². The van der Waals surface area contributed by atoms with Crippen molar-refractivity contribution in [3.63, 3.8) is 0 Å². The summed E-state index contributed by atoms with van der Waals surface area (Å²) in [6.07, 6.45) is -0.0288. The van der Waals surface area contributed by atoms with Gasteiger partial charge in [-0.15, -0.1) is 23.1 Å². The van der Waals surface area contributed by atoms with Gasteiger partial charge in [0.05, 0.1) is 28.8 Å². The molecule has 2 aromatic rings. The predicted molar refractivity (Wildman–Crippen MR) is 104 cm³/mol. The maximum Gasteiger partial charge on any atom is 0.308 e. The lowest BCUT2D eigenvalue weighted by Gasteiger charge is -2.10. The summed E-state index contributed by atoms with van der Waals surface area (Å²) in [4.78, 5) is 36.7. The van der Waals surface area contributed by atoms with E-state index in [1.807, 2.05) is 6.07 Å². The van der Waals surface area contributed by atoms with Crippen LogP contribution in [0.2, 0.25) is 0 Å². The lowest BCUT2D eigenvalue weighted by Crippen LogP contribution is -2.27. The lowest BCUT2D eigenvalue weighted by atomic mass is 10.3. The van der Waals surface area contributed by atoms with Crippen LogP contribution in [0.5, 0.6) is 0 Å². The molecule has 0 aliphatic heterocycles. The zero-order valence-corrected chi connectivity index (χ0v) is 15.9. The molecule has 1 aromatic carbocycles. The molecule has 2 rings (SSSR count). The molecule has 0 aliphatic carbocycles. The van der Waals surface area contributed by atoms with Crippen molar-refractivity contribution in [2.75, 3.05) is 24.2 Å². The third-order valence-electron chi connectivity index (χ3n) is 3.18. The molecule has 7 nitrogen and oxygen atoms in total. The maximum atomic E-state index is 11.9. The first kappa shape index (κ1) is 20.5. The summed E-state index contributed by atoms with van der Waals surface area (Å²) in [5.41, 5.74) is 0.557. The number of carbonyl (C=O) groups excluding carboxylic acids is 3. The van der Waals surface area contributed by atoms with Gasteiger partial charge in [0.2, 0.25) is 0 Å². The van der Waals surface area contributed by atoms with Crippen LogP contribution in [0.1, 0.15) is 16.1 Å². The number of thioether (sulfide) groups is 1. The molecule has 2 amide bonds. The Labute approximate surface area is 164 Å². The summed E-state index contributed by atoms with van der Waals surface area (Å²) in [6, 6.07) is 12.5.